The molecule has 20 heavy (non-hydrogen) atoms. The monoisotopic (exact) mass is 297 g/mol. The number of nitrogens with zero attached hydrogens (tertiary/aromatic N) is 1. The van der Waals surface area contributed by atoms with Crippen molar-refractivity contribution in [2.45, 2.75) is 71.9 Å². The smallest absolute Gasteiger partial charge is 0.151 e. The summed E-state index contributed by atoms with van der Waals surface area (Å²) < 4.78 is 0. The van der Waals surface area contributed by atoms with Crippen molar-refractivity contribution in [2.24, 2.45) is 11.8 Å². The molecule has 1 heterocycles. The standard InChI is InChI=1S/C16H28ClN3/c1-4-5-6-15-19-14(16(17)20-15)10-18-13-8-11(2)7-12(3)9-13/h11-13,18H,4-10H2,1-3H3,(H,19,20). The van der Waals surface area contributed by atoms with Crippen LogP contribution in [0.2, 0.25) is 5.15 Å². The van der Waals surface area contributed by atoms with Crippen LogP contribution in [-0.2, 0) is 13.0 Å². The van der Waals surface area contributed by atoms with E-state index in [2.05, 4.69) is 36.1 Å². The van der Waals surface area contributed by atoms with Crippen molar-refractivity contribution in [1.82, 2.24) is 15.3 Å². The van der Waals surface area contributed by atoms with E-state index in [1.165, 1.54) is 25.7 Å². The first-order chi connectivity index (χ1) is 9.58. The van der Waals surface area contributed by atoms with Crippen molar-refractivity contribution < 1.29 is 0 Å². The zero-order valence-corrected chi connectivity index (χ0v) is 13.8. The molecule has 1 saturated carbocycles. The number of hydrogen-bond acceptors (Lipinski definition) is 2. The second-order valence-electron chi connectivity index (χ2n) is 6.55. The number of nitrogens with one attached hydrogen (secondary N) is 2. The predicted octanol–water partition coefficient (Wildman–Crippen LogP) is 4.32. The molecule has 1 aromatic rings. The van der Waals surface area contributed by atoms with Gasteiger partial charge in [0, 0.05) is 19.0 Å². The molecule has 2 atom stereocenters. The Kier molecular flexibility index (Phi) is 5.91. The van der Waals surface area contributed by atoms with Gasteiger partial charge in [-0.1, -0.05) is 38.8 Å². The number of aromatic amines is 1. The van der Waals surface area contributed by atoms with E-state index in [0.717, 1.165) is 42.7 Å². The number of imidazole rings is 1. The van der Waals surface area contributed by atoms with Gasteiger partial charge >= 0.3 is 0 Å². The van der Waals surface area contributed by atoms with Gasteiger partial charge in [0.1, 0.15) is 5.82 Å². The lowest BCUT2D eigenvalue weighted by Gasteiger charge is -2.32. The quantitative estimate of drug-likeness (QED) is 0.821. The van der Waals surface area contributed by atoms with Crippen molar-refractivity contribution in [3.8, 4) is 0 Å². The fourth-order valence-corrected chi connectivity index (χ4v) is 3.60. The zero-order valence-electron chi connectivity index (χ0n) is 13.0. The number of unbranched alkanes of at least 4 members (excludes halogenated alkanes) is 1. The Morgan fingerprint density at radius 2 is 1.95 bits per heavy atom. The van der Waals surface area contributed by atoms with Crippen molar-refractivity contribution in [3.63, 3.8) is 0 Å². The summed E-state index contributed by atoms with van der Waals surface area (Å²) in [6, 6.07) is 0.618. The van der Waals surface area contributed by atoms with Gasteiger partial charge in [-0.2, -0.15) is 0 Å². The molecule has 1 aliphatic rings. The molecule has 0 saturated heterocycles. The minimum atomic E-state index is 0.618. The molecule has 0 bridgehead atoms. The number of H-pyrrole nitrogens is 1. The first kappa shape index (κ1) is 15.8. The molecule has 0 aromatic carbocycles. The molecule has 1 fully saturated rings. The zero-order chi connectivity index (χ0) is 14.5. The highest BCUT2D eigenvalue weighted by Gasteiger charge is 2.23. The lowest BCUT2D eigenvalue weighted by atomic mass is 9.80. The second-order valence-corrected chi connectivity index (χ2v) is 6.91. The van der Waals surface area contributed by atoms with Crippen LogP contribution in [0.1, 0.15) is 64.4 Å². The summed E-state index contributed by atoms with van der Waals surface area (Å²) in [5.74, 6) is 2.68. The Bertz CT molecular complexity index is 406. The molecule has 2 unspecified atom stereocenters. The third kappa shape index (κ3) is 4.49. The molecule has 0 amide bonds. The third-order valence-electron chi connectivity index (χ3n) is 4.29. The van der Waals surface area contributed by atoms with Crippen LogP contribution in [-0.4, -0.2) is 16.0 Å². The summed E-state index contributed by atoms with van der Waals surface area (Å²) in [5, 5.41) is 4.29. The molecule has 3 nitrogen and oxygen atoms in total. The number of rotatable bonds is 6. The van der Waals surface area contributed by atoms with Crippen molar-refractivity contribution in [2.75, 3.05) is 0 Å². The van der Waals surface area contributed by atoms with Crippen LogP contribution in [0, 0.1) is 11.8 Å². The Morgan fingerprint density at radius 3 is 2.60 bits per heavy atom. The van der Waals surface area contributed by atoms with Crippen LogP contribution in [0.4, 0.5) is 0 Å². The van der Waals surface area contributed by atoms with E-state index in [4.69, 9.17) is 11.6 Å². The van der Waals surface area contributed by atoms with E-state index in [-0.39, 0.29) is 0 Å². The molecule has 0 spiro atoms. The molecule has 1 aliphatic carbocycles. The Morgan fingerprint density at radius 1 is 1.25 bits per heavy atom. The topological polar surface area (TPSA) is 40.7 Å². The highest BCUT2D eigenvalue weighted by atomic mass is 35.5. The maximum atomic E-state index is 6.22. The summed E-state index contributed by atoms with van der Waals surface area (Å²) in [4.78, 5) is 7.78. The first-order valence-electron chi connectivity index (χ1n) is 8.05. The van der Waals surface area contributed by atoms with Gasteiger partial charge in [0.25, 0.3) is 0 Å². The summed E-state index contributed by atoms with van der Waals surface area (Å²) in [5.41, 5.74) is 1.05. The Hall–Kier alpha value is -0.540. The minimum absolute atomic E-state index is 0.618. The third-order valence-corrected chi connectivity index (χ3v) is 4.60. The Balaban J connectivity index is 1.85. The average molecular weight is 298 g/mol. The van der Waals surface area contributed by atoms with E-state index >= 15 is 0 Å². The largest absolute Gasteiger partial charge is 0.344 e. The maximum Gasteiger partial charge on any atom is 0.151 e. The number of aryl methyl sites for hydroxylation is 1. The van der Waals surface area contributed by atoms with Crippen molar-refractivity contribution in [3.05, 3.63) is 16.7 Å². The normalized spacial score (nSPS) is 26.9. The van der Waals surface area contributed by atoms with Gasteiger partial charge in [0.2, 0.25) is 0 Å². The SMILES string of the molecule is CCCCc1nc(Cl)c(CNC2CC(C)CC(C)C2)[nH]1. The van der Waals surface area contributed by atoms with Crippen LogP contribution < -0.4 is 5.32 Å². The number of halogens is 1. The lowest BCUT2D eigenvalue weighted by Crippen LogP contribution is -2.36. The molecule has 4 heteroatoms. The van der Waals surface area contributed by atoms with Crippen molar-refractivity contribution >= 4 is 11.6 Å². The van der Waals surface area contributed by atoms with E-state index in [0.29, 0.717) is 11.2 Å². The van der Waals surface area contributed by atoms with Crippen LogP contribution in [0.15, 0.2) is 0 Å². The predicted molar refractivity (Wildman–Crippen MR) is 85.0 cm³/mol. The average Bonchev–Trinajstić information content (AvgIpc) is 2.73. The fraction of sp³-hybridized carbons (Fsp3) is 0.812. The molecular weight excluding hydrogens is 270 g/mol. The van der Waals surface area contributed by atoms with Gasteiger partial charge in [-0.05, 0) is 37.5 Å². The Labute approximate surface area is 127 Å². The summed E-state index contributed by atoms with van der Waals surface area (Å²) >= 11 is 6.22. The summed E-state index contributed by atoms with van der Waals surface area (Å²) in [6.45, 7) is 7.72. The van der Waals surface area contributed by atoms with Crippen LogP contribution in [0.5, 0.6) is 0 Å². The molecule has 0 aliphatic heterocycles. The van der Waals surface area contributed by atoms with Gasteiger partial charge in [-0.3, -0.25) is 0 Å². The van der Waals surface area contributed by atoms with E-state index in [1.807, 2.05) is 0 Å². The minimum Gasteiger partial charge on any atom is -0.344 e. The van der Waals surface area contributed by atoms with Crippen LogP contribution in [0.3, 0.4) is 0 Å². The summed E-state index contributed by atoms with van der Waals surface area (Å²) in [6.07, 6.45) is 7.26. The van der Waals surface area contributed by atoms with Gasteiger partial charge in [-0.25, -0.2) is 4.98 Å². The first-order valence-corrected chi connectivity index (χ1v) is 8.42. The molecule has 114 valence electrons. The van der Waals surface area contributed by atoms with Crippen LogP contribution in [0.25, 0.3) is 0 Å². The van der Waals surface area contributed by atoms with Gasteiger partial charge in [0.15, 0.2) is 5.15 Å². The van der Waals surface area contributed by atoms with Gasteiger partial charge in [-0.15, -0.1) is 0 Å². The molecular formula is C16H28ClN3. The molecule has 1 aromatic heterocycles. The lowest BCUT2D eigenvalue weighted by molar-refractivity contribution is 0.238. The van der Waals surface area contributed by atoms with Gasteiger partial charge < -0.3 is 10.3 Å². The number of hydrogen-bond donors (Lipinski definition) is 2. The number of aromatic nitrogens is 2. The van der Waals surface area contributed by atoms with Gasteiger partial charge in [0.05, 0.1) is 5.69 Å². The highest BCUT2D eigenvalue weighted by molar-refractivity contribution is 6.30. The second kappa shape index (κ2) is 7.46. The molecule has 2 rings (SSSR count). The summed E-state index contributed by atoms with van der Waals surface area (Å²) in [7, 11) is 0. The van der Waals surface area contributed by atoms with E-state index in [9.17, 15) is 0 Å². The molecule has 2 N–H and O–H groups in total. The van der Waals surface area contributed by atoms with Crippen molar-refractivity contribution in [1.29, 1.82) is 0 Å². The van der Waals surface area contributed by atoms with Crippen LogP contribution >= 0.6 is 11.6 Å². The fourth-order valence-electron chi connectivity index (χ4n) is 3.38. The maximum absolute atomic E-state index is 6.22. The van der Waals surface area contributed by atoms with E-state index in [1.54, 1.807) is 0 Å². The molecule has 0 radical (unpaired) electrons. The highest BCUT2D eigenvalue weighted by Crippen LogP contribution is 2.28. The van der Waals surface area contributed by atoms with E-state index < -0.39 is 0 Å².